The zero-order chi connectivity index (χ0) is 23.6. The Morgan fingerprint density at radius 1 is 1.30 bits per heavy atom. The summed E-state index contributed by atoms with van der Waals surface area (Å²) in [6, 6.07) is 6.88. The molecule has 4 rings (SSSR count). The number of nitriles is 1. The number of ketones is 1. The average Bonchev–Trinajstić information content (AvgIpc) is 2.80. The maximum Gasteiger partial charge on any atom is 0.298 e. The van der Waals surface area contributed by atoms with E-state index in [9.17, 15) is 18.4 Å². The van der Waals surface area contributed by atoms with Crippen molar-refractivity contribution in [1.29, 1.82) is 5.26 Å². The summed E-state index contributed by atoms with van der Waals surface area (Å²) in [7, 11) is 0. The predicted octanol–water partition coefficient (Wildman–Crippen LogP) is 5.28. The van der Waals surface area contributed by atoms with Crippen molar-refractivity contribution >= 4 is 40.3 Å². The van der Waals surface area contributed by atoms with Gasteiger partial charge >= 0.3 is 0 Å². The van der Waals surface area contributed by atoms with Crippen molar-refractivity contribution in [3.8, 4) is 6.07 Å². The fourth-order valence-electron chi connectivity index (χ4n) is 3.91. The van der Waals surface area contributed by atoms with Gasteiger partial charge in [-0.3, -0.25) is 14.6 Å². The summed E-state index contributed by atoms with van der Waals surface area (Å²) < 4.78 is 26.8. The fraction of sp³-hybridized carbons (Fsp3) is 0.280. The van der Waals surface area contributed by atoms with Gasteiger partial charge in [0.2, 0.25) is 5.91 Å². The normalized spacial score (nSPS) is 21.5. The van der Waals surface area contributed by atoms with Crippen LogP contribution in [0.4, 0.5) is 8.78 Å². The average molecular weight is 468 g/mol. The lowest BCUT2D eigenvalue weighted by Gasteiger charge is -2.43. The lowest BCUT2D eigenvalue weighted by Crippen LogP contribution is -2.66. The van der Waals surface area contributed by atoms with Gasteiger partial charge in [-0.15, -0.1) is 0 Å². The van der Waals surface area contributed by atoms with Crippen LogP contribution < -0.4 is 0 Å². The number of aromatic nitrogens is 1. The van der Waals surface area contributed by atoms with Crippen molar-refractivity contribution in [2.45, 2.75) is 31.2 Å². The first kappa shape index (κ1) is 22.8. The van der Waals surface area contributed by atoms with Crippen LogP contribution in [0.3, 0.4) is 0 Å². The maximum absolute atomic E-state index is 13.4. The molecule has 0 spiro atoms. The minimum Gasteiger partial charge on any atom is -0.315 e. The Labute approximate surface area is 194 Å². The molecule has 1 aliphatic heterocycles. The van der Waals surface area contributed by atoms with E-state index >= 15 is 0 Å². The Kier molecular flexibility index (Phi) is 6.39. The molecule has 1 aromatic carbocycles. The molecule has 0 bridgehead atoms. The second-order valence-corrected chi connectivity index (χ2v) is 8.52. The summed E-state index contributed by atoms with van der Waals surface area (Å²) >= 11 is 5.95. The number of halogens is 3. The SMILES string of the molecule is N#C[C@H]1N(C(=O)CCC(=O)c2ccnc3ccc(/C=C/C4C=CC(Cl)=CC4)cc23)CC1(F)F. The molecule has 0 saturated carbocycles. The topological polar surface area (TPSA) is 74.1 Å². The van der Waals surface area contributed by atoms with E-state index in [1.807, 2.05) is 42.5 Å². The number of pyridine rings is 1. The third-order valence-corrected chi connectivity index (χ3v) is 6.07. The first-order valence-corrected chi connectivity index (χ1v) is 10.9. The molecule has 168 valence electrons. The number of nitrogens with zero attached hydrogens (tertiary/aromatic N) is 3. The Morgan fingerprint density at radius 3 is 2.82 bits per heavy atom. The van der Waals surface area contributed by atoms with Gasteiger partial charge in [-0.2, -0.15) is 5.26 Å². The molecule has 1 aliphatic carbocycles. The summed E-state index contributed by atoms with van der Waals surface area (Å²) in [4.78, 5) is 30.2. The molecule has 0 radical (unpaired) electrons. The number of hydrogen-bond acceptors (Lipinski definition) is 4. The van der Waals surface area contributed by atoms with E-state index in [1.54, 1.807) is 6.07 Å². The monoisotopic (exact) mass is 467 g/mol. The highest BCUT2D eigenvalue weighted by molar-refractivity contribution is 6.31. The van der Waals surface area contributed by atoms with Crippen LogP contribution >= 0.6 is 11.6 Å². The second-order valence-electron chi connectivity index (χ2n) is 8.08. The van der Waals surface area contributed by atoms with Gasteiger partial charge in [-0.1, -0.05) is 42.0 Å². The minimum absolute atomic E-state index is 0.141. The maximum atomic E-state index is 13.4. The Balaban J connectivity index is 1.46. The number of amides is 1. The number of carbonyl (C=O) groups excluding carboxylic acids is 2. The number of allylic oxidation sites excluding steroid dienone is 5. The highest BCUT2D eigenvalue weighted by Crippen LogP contribution is 2.35. The van der Waals surface area contributed by atoms with Gasteiger partial charge < -0.3 is 4.90 Å². The molecular formula is C25H20ClF2N3O2. The van der Waals surface area contributed by atoms with Crippen molar-refractivity contribution in [2.24, 2.45) is 5.92 Å². The lowest BCUT2D eigenvalue weighted by atomic mass is 9.96. The summed E-state index contributed by atoms with van der Waals surface area (Å²) in [6.45, 7) is -0.787. The van der Waals surface area contributed by atoms with Gasteiger partial charge in [-0.05, 0) is 42.2 Å². The van der Waals surface area contributed by atoms with Crippen molar-refractivity contribution in [3.63, 3.8) is 0 Å². The van der Waals surface area contributed by atoms with Gasteiger partial charge in [0.25, 0.3) is 5.92 Å². The molecule has 1 saturated heterocycles. The molecule has 1 unspecified atom stereocenters. The summed E-state index contributed by atoms with van der Waals surface area (Å²) in [5.41, 5.74) is 1.96. The van der Waals surface area contributed by atoms with Crippen LogP contribution in [-0.4, -0.2) is 40.1 Å². The Hall–Kier alpha value is -3.37. The number of fused-ring (bicyclic) bond motifs is 1. The molecule has 1 fully saturated rings. The van der Waals surface area contributed by atoms with Crippen molar-refractivity contribution in [2.75, 3.05) is 6.54 Å². The van der Waals surface area contributed by atoms with E-state index in [0.717, 1.165) is 21.9 Å². The van der Waals surface area contributed by atoms with E-state index in [1.165, 1.54) is 12.3 Å². The van der Waals surface area contributed by atoms with E-state index in [-0.39, 0.29) is 24.5 Å². The van der Waals surface area contributed by atoms with E-state index in [0.29, 0.717) is 16.5 Å². The zero-order valence-corrected chi connectivity index (χ0v) is 18.3. The van der Waals surface area contributed by atoms with Gasteiger partial charge in [-0.25, -0.2) is 8.78 Å². The molecule has 2 atom stereocenters. The fourth-order valence-corrected chi connectivity index (χ4v) is 4.08. The second kappa shape index (κ2) is 9.24. The number of benzene rings is 1. The number of alkyl halides is 2. The van der Waals surface area contributed by atoms with E-state index < -0.39 is 24.4 Å². The van der Waals surface area contributed by atoms with Gasteiger partial charge in [0, 0.05) is 35.0 Å². The van der Waals surface area contributed by atoms with E-state index in [4.69, 9.17) is 16.9 Å². The quantitative estimate of drug-likeness (QED) is 0.542. The van der Waals surface area contributed by atoms with Crippen LogP contribution in [0.2, 0.25) is 0 Å². The van der Waals surface area contributed by atoms with Gasteiger partial charge in [0.15, 0.2) is 11.8 Å². The standard InChI is InChI=1S/C25H20ClF2N3O2/c26-18-6-3-16(4-7-18)1-2-17-5-8-21-20(13-17)19(11-12-30-21)22(32)9-10-24(33)31-15-25(27,28)23(31)14-29/h1-3,5-8,11-13,16,23H,4,9-10,15H2/b2-1+/t16?,23-/m1/s1. The molecule has 2 heterocycles. The largest absolute Gasteiger partial charge is 0.315 e. The highest BCUT2D eigenvalue weighted by atomic mass is 35.5. The first-order chi connectivity index (χ1) is 15.8. The smallest absolute Gasteiger partial charge is 0.298 e. The number of hydrogen-bond donors (Lipinski definition) is 0. The molecular weight excluding hydrogens is 448 g/mol. The molecule has 33 heavy (non-hydrogen) atoms. The third-order valence-electron chi connectivity index (χ3n) is 5.79. The van der Waals surface area contributed by atoms with Crippen molar-refractivity contribution in [1.82, 2.24) is 9.88 Å². The van der Waals surface area contributed by atoms with E-state index in [2.05, 4.69) is 11.1 Å². The molecule has 1 amide bonds. The third kappa shape index (κ3) is 4.86. The number of likely N-dealkylation sites (tertiary alicyclic amines) is 1. The van der Waals surface area contributed by atoms with Crippen LogP contribution in [-0.2, 0) is 4.79 Å². The minimum atomic E-state index is -3.20. The zero-order valence-electron chi connectivity index (χ0n) is 17.5. The van der Waals surface area contributed by atoms with Crippen LogP contribution in [0.15, 0.2) is 59.8 Å². The van der Waals surface area contributed by atoms with Crippen molar-refractivity contribution in [3.05, 3.63) is 70.9 Å². The summed E-state index contributed by atoms with van der Waals surface area (Å²) in [5, 5.41) is 10.2. The molecule has 0 N–H and O–H groups in total. The Bertz CT molecular complexity index is 1250. The van der Waals surface area contributed by atoms with Crippen LogP contribution in [0.1, 0.15) is 35.2 Å². The Morgan fingerprint density at radius 2 is 2.12 bits per heavy atom. The molecule has 5 nitrogen and oxygen atoms in total. The highest BCUT2D eigenvalue weighted by Gasteiger charge is 2.57. The lowest BCUT2D eigenvalue weighted by molar-refractivity contribution is -0.181. The molecule has 8 heteroatoms. The van der Waals surface area contributed by atoms with Crippen molar-refractivity contribution < 1.29 is 18.4 Å². The number of rotatable bonds is 6. The summed E-state index contributed by atoms with van der Waals surface area (Å²) in [5.74, 6) is -3.88. The molecule has 2 aliphatic rings. The molecule has 2 aromatic rings. The predicted molar refractivity (Wildman–Crippen MR) is 122 cm³/mol. The number of carbonyl (C=O) groups is 2. The van der Waals surface area contributed by atoms with Crippen LogP contribution in [0.25, 0.3) is 17.0 Å². The summed E-state index contributed by atoms with van der Waals surface area (Å²) in [6.07, 6.45) is 11.8. The van der Waals surface area contributed by atoms with Crippen LogP contribution in [0.5, 0.6) is 0 Å². The van der Waals surface area contributed by atoms with Gasteiger partial charge in [0.1, 0.15) is 0 Å². The first-order valence-electron chi connectivity index (χ1n) is 10.5. The van der Waals surface area contributed by atoms with Crippen LogP contribution in [0, 0.1) is 17.2 Å². The molecule has 1 aromatic heterocycles. The van der Waals surface area contributed by atoms with Gasteiger partial charge in [0.05, 0.1) is 18.1 Å². The number of Topliss-reactive ketones (excluding diaryl/α,β-unsaturated/α-hetero) is 1.